The number of methoxy groups -OCH3 is 1. The van der Waals surface area contributed by atoms with Crippen LogP contribution in [0.15, 0.2) is 42.5 Å². The number of carbonyl (C=O) groups excluding carboxylic acids is 2. The summed E-state index contributed by atoms with van der Waals surface area (Å²) in [7, 11) is 1.66. The van der Waals surface area contributed by atoms with Crippen LogP contribution >= 0.6 is 0 Å². The van der Waals surface area contributed by atoms with Gasteiger partial charge < -0.3 is 14.5 Å². The third-order valence-electron chi connectivity index (χ3n) is 5.35. The molecule has 2 amide bonds. The maximum absolute atomic E-state index is 12.7. The van der Waals surface area contributed by atoms with Crippen molar-refractivity contribution in [3.05, 3.63) is 64.7 Å². The Bertz CT molecular complexity index is 825. The molecule has 0 aliphatic carbocycles. The lowest BCUT2D eigenvalue weighted by atomic mass is 9.99. The fourth-order valence-corrected chi connectivity index (χ4v) is 3.46. The monoisotopic (exact) mass is 366 g/mol. The number of benzene rings is 2. The SMILES string of the molecule is COc1ccc(CC(=O)N2CCN(C(=O)c3ccccc3)CC2)c(C)c1C. The molecule has 1 aliphatic heterocycles. The average Bonchev–Trinajstić information content (AvgIpc) is 2.72. The highest BCUT2D eigenvalue weighted by molar-refractivity contribution is 5.94. The number of hydrogen-bond acceptors (Lipinski definition) is 3. The van der Waals surface area contributed by atoms with Crippen LogP contribution in [0, 0.1) is 13.8 Å². The fraction of sp³-hybridized carbons (Fsp3) is 0.364. The molecule has 0 saturated carbocycles. The van der Waals surface area contributed by atoms with Gasteiger partial charge in [0.15, 0.2) is 0 Å². The van der Waals surface area contributed by atoms with E-state index in [9.17, 15) is 9.59 Å². The molecular weight excluding hydrogens is 340 g/mol. The van der Waals surface area contributed by atoms with E-state index in [-0.39, 0.29) is 11.8 Å². The Morgan fingerprint density at radius 1 is 0.889 bits per heavy atom. The van der Waals surface area contributed by atoms with Gasteiger partial charge in [0.1, 0.15) is 5.75 Å². The number of hydrogen-bond donors (Lipinski definition) is 0. The Labute approximate surface area is 160 Å². The van der Waals surface area contributed by atoms with Crippen LogP contribution in [-0.2, 0) is 11.2 Å². The molecule has 1 saturated heterocycles. The summed E-state index contributed by atoms with van der Waals surface area (Å²) < 4.78 is 5.34. The normalized spacial score (nSPS) is 14.2. The summed E-state index contributed by atoms with van der Waals surface area (Å²) in [5.74, 6) is 0.982. The summed E-state index contributed by atoms with van der Waals surface area (Å²) in [5.41, 5.74) is 3.89. The molecule has 2 aromatic carbocycles. The van der Waals surface area contributed by atoms with E-state index >= 15 is 0 Å². The minimum Gasteiger partial charge on any atom is -0.496 e. The van der Waals surface area contributed by atoms with Crippen molar-refractivity contribution in [2.45, 2.75) is 20.3 Å². The topological polar surface area (TPSA) is 49.9 Å². The summed E-state index contributed by atoms with van der Waals surface area (Å²) in [6.07, 6.45) is 0.378. The second kappa shape index (κ2) is 8.25. The Kier molecular flexibility index (Phi) is 5.79. The van der Waals surface area contributed by atoms with Crippen molar-refractivity contribution in [1.29, 1.82) is 0 Å². The predicted octanol–water partition coefficient (Wildman–Crippen LogP) is 2.84. The van der Waals surface area contributed by atoms with Crippen molar-refractivity contribution in [2.75, 3.05) is 33.3 Å². The highest BCUT2D eigenvalue weighted by Gasteiger charge is 2.25. The van der Waals surface area contributed by atoms with Gasteiger partial charge in [-0.05, 0) is 48.7 Å². The average molecular weight is 366 g/mol. The van der Waals surface area contributed by atoms with Crippen LogP contribution in [0.1, 0.15) is 27.0 Å². The lowest BCUT2D eigenvalue weighted by molar-refractivity contribution is -0.131. The van der Waals surface area contributed by atoms with E-state index < -0.39 is 0 Å². The highest BCUT2D eigenvalue weighted by atomic mass is 16.5. The highest BCUT2D eigenvalue weighted by Crippen LogP contribution is 2.24. The van der Waals surface area contributed by atoms with Crippen LogP contribution in [0.25, 0.3) is 0 Å². The molecule has 0 spiro atoms. The molecule has 2 aromatic rings. The van der Waals surface area contributed by atoms with Gasteiger partial charge >= 0.3 is 0 Å². The van der Waals surface area contributed by atoms with Crippen molar-refractivity contribution in [3.63, 3.8) is 0 Å². The molecular formula is C22H26N2O3. The molecule has 27 heavy (non-hydrogen) atoms. The summed E-state index contributed by atoms with van der Waals surface area (Å²) >= 11 is 0. The maximum Gasteiger partial charge on any atom is 0.253 e. The van der Waals surface area contributed by atoms with Crippen LogP contribution in [-0.4, -0.2) is 54.9 Å². The first-order valence-electron chi connectivity index (χ1n) is 9.26. The zero-order valence-corrected chi connectivity index (χ0v) is 16.2. The van der Waals surface area contributed by atoms with Crippen LogP contribution < -0.4 is 4.74 Å². The van der Waals surface area contributed by atoms with Crippen molar-refractivity contribution >= 4 is 11.8 Å². The van der Waals surface area contributed by atoms with E-state index in [4.69, 9.17) is 4.74 Å². The maximum atomic E-state index is 12.7. The Balaban J connectivity index is 1.59. The summed E-state index contributed by atoms with van der Waals surface area (Å²) in [4.78, 5) is 28.9. The number of rotatable bonds is 4. The van der Waals surface area contributed by atoms with Crippen LogP contribution in [0.5, 0.6) is 5.75 Å². The predicted molar refractivity (Wildman–Crippen MR) is 105 cm³/mol. The quantitative estimate of drug-likeness (QED) is 0.836. The van der Waals surface area contributed by atoms with Crippen molar-refractivity contribution in [1.82, 2.24) is 9.80 Å². The van der Waals surface area contributed by atoms with Crippen molar-refractivity contribution in [3.8, 4) is 5.75 Å². The van der Waals surface area contributed by atoms with Gasteiger partial charge in [0.05, 0.1) is 13.5 Å². The first-order valence-corrected chi connectivity index (χ1v) is 9.26. The molecule has 0 atom stereocenters. The van der Waals surface area contributed by atoms with Gasteiger partial charge in [0, 0.05) is 31.7 Å². The number of ether oxygens (including phenoxy) is 1. The zero-order chi connectivity index (χ0) is 19.4. The minimum absolute atomic E-state index is 0.0318. The largest absolute Gasteiger partial charge is 0.496 e. The molecule has 0 N–H and O–H groups in total. The number of nitrogens with zero attached hydrogens (tertiary/aromatic N) is 2. The molecule has 1 fully saturated rings. The standard InChI is InChI=1S/C22H26N2O3/c1-16-17(2)20(27-3)10-9-19(16)15-21(25)23-11-13-24(14-12-23)22(26)18-7-5-4-6-8-18/h4-10H,11-15H2,1-3H3. The second-order valence-electron chi connectivity index (χ2n) is 6.89. The van der Waals surface area contributed by atoms with Gasteiger partial charge in [-0.25, -0.2) is 0 Å². The lowest BCUT2D eigenvalue weighted by Gasteiger charge is -2.35. The van der Waals surface area contributed by atoms with E-state index in [2.05, 4.69) is 0 Å². The molecule has 0 unspecified atom stereocenters. The van der Waals surface area contributed by atoms with Gasteiger partial charge in [-0.3, -0.25) is 9.59 Å². The van der Waals surface area contributed by atoms with E-state index in [1.807, 2.05) is 66.1 Å². The van der Waals surface area contributed by atoms with Crippen molar-refractivity contribution in [2.24, 2.45) is 0 Å². The molecule has 0 bridgehead atoms. The Morgan fingerprint density at radius 3 is 2.15 bits per heavy atom. The van der Waals surface area contributed by atoms with Gasteiger partial charge in [0.25, 0.3) is 5.91 Å². The lowest BCUT2D eigenvalue weighted by Crippen LogP contribution is -2.51. The molecule has 1 aliphatic rings. The molecule has 0 aromatic heterocycles. The molecule has 5 nitrogen and oxygen atoms in total. The molecule has 0 radical (unpaired) electrons. The Morgan fingerprint density at radius 2 is 1.52 bits per heavy atom. The summed E-state index contributed by atoms with van der Waals surface area (Å²) in [6, 6.07) is 13.2. The molecule has 1 heterocycles. The van der Waals surface area contributed by atoms with Crippen molar-refractivity contribution < 1.29 is 14.3 Å². The number of amides is 2. The third kappa shape index (κ3) is 4.13. The summed E-state index contributed by atoms with van der Waals surface area (Å²) in [6.45, 7) is 6.32. The van der Waals surface area contributed by atoms with Gasteiger partial charge in [0.2, 0.25) is 5.91 Å². The first-order chi connectivity index (χ1) is 13.0. The zero-order valence-electron chi connectivity index (χ0n) is 16.2. The third-order valence-corrected chi connectivity index (χ3v) is 5.35. The molecule has 142 valence electrons. The van der Waals surface area contributed by atoms with Crippen LogP contribution in [0.3, 0.4) is 0 Å². The van der Waals surface area contributed by atoms with E-state index in [0.717, 1.165) is 22.4 Å². The number of carbonyl (C=O) groups is 2. The fourth-order valence-electron chi connectivity index (χ4n) is 3.46. The smallest absolute Gasteiger partial charge is 0.253 e. The van der Waals surface area contributed by atoms with Gasteiger partial charge in [-0.2, -0.15) is 0 Å². The first kappa shape index (κ1) is 19.0. The van der Waals surface area contributed by atoms with Gasteiger partial charge in [-0.15, -0.1) is 0 Å². The molecule has 5 heteroatoms. The molecule has 3 rings (SSSR count). The Hall–Kier alpha value is -2.82. The second-order valence-corrected chi connectivity index (χ2v) is 6.89. The minimum atomic E-state index is 0.0318. The van der Waals surface area contributed by atoms with Crippen LogP contribution in [0.4, 0.5) is 0 Å². The number of piperazine rings is 1. The van der Waals surface area contributed by atoms with Crippen LogP contribution in [0.2, 0.25) is 0 Å². The van der Waals surface area contributed by atoms with E-state index in [0.29, 0.717) is 38.2 Å². The van der Waals surface area contributed by atoms with E-state index in [1.165, 1.54) is 0 Å². The summed E-state index contributed by atoms with van der Waals surface area (Å²) in [5, 5.41) is 0. The van der Waals surface area contributed by atoms with Gasteiger partial charge in [-0.1, -0.05) is 24.3 Å². The van der Waals surface area contributed by atoms with E-state index in [1.54, 1.807) is 7.11 Å².